The monoisotopic (exact) mass is 231 g/mol. The molecule has 2 nitrogen and oxygen atoms in total. The van der Waals surface area contributed by atoms with Gasteiger partial charge in [-0.25, -0.2) is 4.36 Å². The Balaban J connectivity index is 2.54. The zero-order chi connectivity index (χ0) is 11.7. The summed E-state index contributed by atoms with van der Waals surface area (Å²) in [6, 6.07) is 0.353. The molecular formula is C12H25NOS. The molecule has 0 aromatic rings. The lowest BCUT2D eigenvalue weighted by Crippen LogP contribution is -2.27. The van der Waals surface area contributed by atoms with Crippen molar-refractivity contribution in [3.8, 4) is 0 Å². The van der Waals surface area contributed by atoms with Gasteiger partial charge >= 0.3 is 0 Å². The van der Waals surface area contributed by atoms with Crippen LogP contribution in [0.3, 0.4) is 0 Å². The van der Waals surface area contributed by atoms with Crippen LogP contribution in [0.25, 0.3) is 0 Å². The van der Waals surface area contributed by atoms with Crippen molar-refractivity contribution < 1.29 is 4.21 Å². The van der Waals surface area contributed by atoms with Crippen LogP contribution in [0.15, 0.2) is 4.36 Å². The van der Waals surface area contributed by atoms with Crippen molar-refractivity contribution in [1.82, 2.24) is 0 Å². The van der Waals surface area contributed by atoms with E-state index in [2.05, 4.69) is 25.1 Å². The third-order valence-corrected chi connectivity index (χ3v) is 4.13. The van der Waals surface area contributed by atoms with Gasteiger partial charge in [0, 0.05) is 22.2 Å². The van der Waals surface area contributed by atoms with Crippen LogP contribution in [0.1, 0.15) is 46.5 Å². The normalized spacial score (nSPS) is 28.9. The van der Waals surface area contributed by atoms with Crippen LogP contribution < -0.4 is 0 Å². The molecule has 0 unspecified atom stereocenters. The lowest BCUT2D eigenvalue weighted by molar-refractivity contribution is 0.171. The molecule has 0 heterocycles. The molecule has 1 aliphatic carbocycles. The van der Waals surface area contributed by atoms with E-state index in [1.807, 2.05) is 0 Å². The van der Waals surface area contributed by atoms with E-state index < -0.39 is 9.73 Å². The highest BCUT2D eigenvalue weighted by atomic mass is 32.2. The van der Waals surface area contributed by atoms with Crippen LogP contribution in [0.5, 0.6) is 0 Å². The van der Waals surface area contributed by atoms with Crippen LogP contribution in [0.4, 0.5) is 0 Å². The topological polar surface area (TPSA) is 29.4 Å². The van der Waals surface area contributed by atoms with Crippen molar-refractivity contribution in [3.63, 3.8) is 0 Å². The molecule has 0 aromatic heterocycles. The largest absolute Gasteiger partial charge is 0.250 e. The van der Waals surface area contributed by atoms with Gasteiger partial charge in [0.15, 0.2) is 0 Å². The Kier molecular flexibility index (Phi) is 3.85. The standard InChI is InChI=1S/C12H25NOS/c1-12(2,3)10-6-8-11(9-7-10)13-15(4,5)14/h10-11H,6-9H2,1-5H3. The molecule has 0 aromatic carbocycles. The van der Waals surface area contributed by atoms with E-state index in [1.165, 1.54) is 12.8 Å². The van der Waals surface area contributed by atoms with E-state index in [1.54, 1.807) is 12.5 Å². The van der Waals surface area contributed by atoms with Gasteiger partial charge in [-0.05, 0) is 37.0 Å². The minimum absolute atomic E-state index is 0.353. The highest BCUT2D eigenvalue weighted by Gasteiger charge is 2.29. The first-order valence-corrected chi connectivity index (χ1v) is 8.18. The molecule has 0 radical (unpaired) electrons. The molecule has 0 saturated heterocycles. The van der Waals surface area contributed by atoms with Gasteiger partial charge in [-0.3, -0.25) is 4.21 Å². The van der Waals surface area contributed by atoms with E-state index in [9.17, 15) is 4.21 Å². The highest BCUT2D eigenvalue weighted by molar-refractivity contribution is 7.92. The van der Waals surface area contributed by atoms with Gasteiger partial charge in [0.05, 0.1) is 6.04 Å². The fourth-order valence-corrected chi connectivity index (χ4v) is 3.34. The molecule has 15 heavy (non-hydrogen) atoms. The lowest BCUT2D eigenvalue weighted by Gasteiger charge is -2.35. The molecule has 1 fully saturated rings. The summed E-state index contributed by atoms with van der Waals surface area (Å²) < 4.78 is 16.0. The summed E-state index contributed by atoms with van der Waals surface area (Å²) in [6.07, 6.45) is 8.22. The summed E-state index contributed by atoms with van der Waals surface area (Å²) in [7, 11) is -1.90. The smallest absolute Gasteiger partial charge is 0.0594 e. The average Bonchev–Trinajstić information content (AvgIpc) is 2.00. The van der Waals surface area contributed by atoms with Gasteiger partial charge in [0.1, 0.15) is 0 Å². The molecule has 1 rings (SSSR count). The Bertz CT molecular complexity index is 305. The number of nitrogens with zero attached hydrogens (tertiary/aromatic N) is 1. The van der Waals surface area contributed by atoms with Crippen molar-refractivity contribution >= 4 is 9.73 Å². The van der Waals surface area contributed by atoms with Crippen molar-refractivity contribution in [2.45, 2.75) is 52.5 Å². The van der Waals surface area contributed by atoms with Crippen molar-refractivity contribution in [1.29, 1.82) is 0 Å². The second kappa shape index (κ2) is 4.44. The summed E-state index contributed by atoms with van der Waals surface area (Å²) in [5.41, 5.74) is 0.421. The molecule has 0 N–H and O–H groups in total. The summed E-state index contributed by atoms with van der Waals surface area (Å²) in [5.74, 6) is 0.814. The van der Waals surface area contributed by atoms with Crippen molar-refractivity contribution in [2.75, 3.05) is 12.5 Å². The van der Waals surface area contributed by atoms with Gasteiger partial charge in [-0.2, -0.15) is 0 Å². The van der Waals surface area contributed by atoms with E-state index in [0.29, 0.717) is 11.5 Å². The average molecular weight is 231 g/mol. The van der Waals surface area contributed by atoms with Crippen LogP contribution in [0, 0.1) is 11.3 Å². The molecule has 0 amide bonds. The zero-order valence-electron chi connectivity index (χ0n) is 10.7. The quantitative estimate of drug-likeness (QED) is 0.680. The molecule has 0 aliphatic heterocycles. The van der Waals surface area contributed by atoms with E-state index in [4.69, 9.17) is 0 Å². The molecular weight excluding hydrogens is 206 g/mol. The van der Waals surface area contributed by atoms with E-state index >= 15 is 0 Å². The van der Waals surface area contributed by atoms with E-state index in [-0.39, 0.29) is 0 Å². The maximum Gasteiger partial charge on any atom is 0.0594 e. The first-order valence-electron chi connectivity index (χ1n) is 5.85. The minimum Gasteiger partial charge on any atom is -0.250 e. The van der Waals surface area contributed by atoms with E-state index in [0.717, 1.165) is 18.8 Å². The zero-order valence-corrected chi connectivity index (χ0v) is 11.6. The summed E-state index contributed by atoms with van der Waals surface area (Å²) >= 11 is 0. The van der Waals surface area contributed by atoms with Gasteiger partial charge in [-0.15, -0.1) is 0 Å². The fourth-order valence-electron chi connectivity index (χ4n) is 2.41. The summed E-state index contributed by atoms with van der Waals surface area (Å²) in [6.45, 7) is 6.95. The second-order valence-corrected chi connectivity index (χ2v) is 8.73. The molecule has 0 bridgehead atoms. The first kappa shape index (κ1) is 13.0. The molecule has 1 saturated carbocycles. The summed E-state index contributed by atoms with van der Waals surface area (Å²) in [5, 5.41) is 0. The third-order valence-electron chi connectivity index (χ3n) is 3.32. The molecule has 1 aliphatic rings. The predicted octanol–water partition coefficient (Wildman–Crippen LogP) is 3.32. The van der Waals surface area contributed by atoms with Gasteiger partial charge in [0.2, 0.25) is 0 Å². The van der Waals surface area contributed by atoms with Gasteiger partial charge in [-0.1, -0.05) is 20.8 Å². The van der Waals surface area contributed by atoms with Crippen LogP contribution >= 0.6 is 0 Å². The third kappa shape index (κ3) is 4.54. The number of rotatable bonds is 1. The Hall–Kier alpha value is -0.0500. The predicted molar refractivity (Wildman–Crippen MR) is 67.6 cm³/mol. The Labute approximate surface area is 95.0 Å². The van der Waals surface area contributed by atoms with Crippen LogP contribution in [-0.4, -0.2) is 22.8 Å². The van der Waals surface area contributed by atoms with Crippen LogP contribution in [0.2, 0.25) is 0 Å². The van der Waals surface area contributed by atoms with Crippen molar-refractivity contribution in [2.24, 2.45) is 15.7 Å². The lowest BCUT2D eigenvalue weighted by atomic mass is 9.71. The number of hydrogen-bond acceptors (Lipinski definition) is 2. The van der Waals surface area contributed by atoms with Crippen LogP contribution in [-0.2, 0) is 9.73 Å². The fraction of sp³-hybridized carbons (Fsp3) is 1.00. The molecule has 90 valence electrons. The van der Waals surface area contributed by atoms with Gasteiger partial charge in [0.25, 0.3) is 0 Å². The number of hydrogen-bond donors (Lipinski definition) is 0. The molecule has 0 spiro atoms. The first-order chi connectivity index (χ1) is 6.68. The Morgan fingerprint density at radius 3 is 1.87 bits per heavy atom. The second-order valence-electron chi connectivity index (χ2n) is 6.16. The maximum absolute atomic E-state index is 11.6. The Morgan fingerprint density at radius 2 is 1.53 bits per heavy atom. The Morgan fingerprint density at radius 1 is 1.07 bits per heavy atom. The van der Waals surface area contributed by atoms with Crippen molar-refractivity contribution in [3.05, 3.63) is 0 Å². The summed E-state index contributed by atoms with van der Waals surface area (Å²) in [4.78, 5) is 0. The van der Waals surface area contributed by atoms with Gasteiger partial charge < -0.3 is 0 Å². The SMILES string of the molecule is CC(C)(C)C1CCC(N=S(C)(C)=O)CC1. The highest BCUT2D eigenvalue weighted by Crippen LogP contribution is 2.38. The minimum atomic E-state index is -1.90. The molecule has 0 atom stereocenters. The maximum atomic E-state index is 11.6. The molecule has 3 heteroatoms.